The van der Waals surface area contributed by atoms with Gasteiger partial charge in [-0.05, 0) is 17.7 Å². The van der Waals surface area contributed by atoms with E-state index >= 15 is 0 Å². The summed E-state index contributed by atoms with van der Waals surface area (Å²) in [6.45, 7) is 7.35. The van der Waals surface area contributed by atoms with Crippen molar-refractivity contribution in [3.63, 3.8) is 0 Å². The molecule has 17 heavy (non-hydrogen) atoms. The normalized spacial score (nSPS) is 9.59. The summed E-state index contributed by atoms with van der Waals surface area (Å²) in [5, 5.41) is 9.28. The van der Waals surface area contributed by atoms with E-state index in [0.29, 0.717) is 18.0 Å². The third-order valence-electron chi connectivity index (χ3n) is 2.32. The Morgan fingerprint density at radius 3 is 2.71 bits per heavy atom. The Balaban J connectivity index is 2.10. The molecule has 0 atom stereocenters. The molecular formula is C14H11NO2. The molecule has 1 N–H and O–H groups in total. The molecule has 0 aliphatic heterocycles. The Morgan fingerprint density at radius 2 is 1.94 bits per heavy atom. The topological polar surface area (TPSA) is 33.8 Å². The van der Waals surface area contributed by atoms with Crippen LogP contribution in [0.15, 0.2) is 48.5 Å². The number of ether oxygens (including phenoxy) is 1. The summed E-state index contributed by atoms with van der Waals surface area (Å²) in [6.07, 6.45) is 0. The Labute approximate surface area is 99.7 Å². The van der Waals surface area contributed by atoms with Gasteiger partial charge in [0.15, 0.2) is 5.69 Å². The van der Waals surface area contributed by atoms with Crippen LogP contribution in [-0.4, -0.2) is 5.11 Å². The molecule has 3 nitrogen and oxygen atoms in total. The largest absolute Gasteiger partial charge is 0.508 e. The minimum Gasteiger partial charge on any atom is -0.508 e. The molecule has 0 saturated heterocycles. The molecule has 0 saturated carbocycles. The molecule has 0 amide bonds. The van der Waals surface area contributed by atoms with Crippen molar-refractivity contribution in [2.45, 2.75) is 6.61 Å². The first-order chi connectivity index (χ1) is 8.29. The van der Waals surface area contributed by atoms with Gasteiger partial charge in [0.1, 0.15) is 18.1 Å². The molecule has 2 aromatic rings. The molecule has 0 fully saturated rings. The van der Waals surface area contributed by atoms with Crippen LogP contribution in [0.3, 0.4) is 0 Å². The van der Waals surface area contributed by atoms with E-state index in [2.05, 4.69) is 4.85 Å². The average Bonchev–Trinajstić information content (AvgIpc) is 2.37. The highest BCUT2D eigenvalue weighted by Gasteiger charge is 2.02. The fourth-order valence-electron chi connectivity index (χ4n) is 1.48. The van der Waals surface area contributed by atoms with E-state index in [9.17, 15) is 5.11 Å². The number of rotatable bonds is 3. The molecule has 0 aromatic heterocycles. The average molecular weight is 225 g/mol. The summed E-state index contributed by atoms with van der Waals surface area (Å²) in [5.74, 6) is 0.755. The third-order valence-corrected chi connectivity index (χ3v) is 2.32. The van der Waals surface area contributed by atoms with Crippen molar-refractivity contribution in [3.05, 3.63) is 65.5 Å². The van der Waals surface area contributed by atoms with Gasteiger partial charge in [-0.15, -0.1) is 0 Å². The lowest BCUT2D eigenvalue weighted by Crippen LogP contribution is -1.95. The third kappa shape index (κ3) is 2.76. The standard InChI is InChI=1S/C14H11NO2/c1-15-14-8-3-2-5-11(14)10-17-13-7-4-6-12(16)9-13/h2-9,16H,10H2. The number of phenols is 1. The van der Waals surface area contributed by atoms with E-state index in [1.165, 1.54) is 0 Å². The SMILES string of the molecule is [C-]#[N+]c1ccccc1COc1cccc(O)c1. The van der Waals surface area contributed by atoms with Gasteiger partial charge < -0.3 is 9.84 Å². The van der Waals surface area contributed by atoms with Crippen LogP contribution >= 0.6 is 0 Å². The Kier molecular flexibility index (Phi) is 3.27. The molecule has 0 unspecified atom stereocenters. The van der Waals surface area contributed by atoms with Gasteiger partial charge in [0.2, 0.25) is 0 Å². The first-order valence-corrected chi connectivity index (χ1v) is 5.17. The highest BCUT2D eigenvalue weighted by molar-refractivity contribution is 5.51. The molecule has 0 aliphatic carbocycles. The zero-order valence-corrected chi connectivity index (χ0v) is 9.13. The predicted octanol–water partition coefficient (Wildman–Crippen LogP) is 3.52. The summed E-state index contributed by atoms with van der Waals surface area (Å²) in [5.41, 5.74) is 1.43. The number of hydrogen-bond acceptors (Lipinski definition) is 2. The van der Waals surface area contributed by atoms with Gasteiger partial charge >= 0.3 is 0 Å². The number of phenolic OH excluding ortho intramolecular Hbond substituents is 1. The van der Waals surface area contributed by atoms with Gasteiger partial charge in [0.05, 0.1) is 6.57 Å². The zero-order valence-electron chi connectivity index (χ0n) is 9.13. The summed E-state index contributed by atoms with van der Waals surface area (Å²) < 4.78 is 5.51. The van der Waals surface area contributed by atoms with Crippen molar-refractivity contribution in [2.75, 3.05) is 0 Å². The molecule has 0 spiro atoms. The second kappa shape index (κ2) is 5.04. The van der Waals surface area contributed by atoms with Crippen molar-refractivity contribution >= 4 is 5.69 Å². The van der Waals surface area contributed by atoms with Crippen LogP contribution in [0, 0.1) is 6.57 Å². The smallest absolute Gasteiger partial charge is 0.193 e. The number of hydrogen-bond donors (Lipinski definition) is 1. The van der Waals surface area contributed by atoms with E-state index in [0.717, 1.165) is 5.56 Å². The molecule has 0 bridgehead atoms. The zero-order chi connectivity index (χ0) is 12.1. The number of nitrogens with zero attached hydrogens (tertiary/aromatic N) is 1. The maximum absolute atomic E-state index is 9.28. The van der Waals surface area contributed by atoms with Gasteiger partial charge in [0.25, 0.3) is 0 Å². The number of benzene rings is 2. The summed E-state index contributed by atoms with van der Waals surface area (Å²) in [7, 11) is 0. The molecular weight excluding hydrogens is 214 g/mol. The summed E-state index contributed by atoms with van der Waals surface area (Å²) in [4.78, 5) is 3.42. The summed E-state index contributed by atoms with van der Waals surface area (Å²) >= 11 is 0. The van der Waals surface area contributed by atoms with E-state index < -0.39 is 0 Å². The molecule has 0 heterocycles. The minimum absolute atomic E-state index is 0.168. The molecule has 2 rings (SSSR count). The second-order valence-electron chi connectivity index (χ2n) is 3.53. The maximum atomic E-state index is 9.28. The van der Waals surface area contributed by atoms with E-state index in [4.69, 9.17) is 11.3 Å². The van der Waals surface area contributed by atoms with Crippen molar-refractivity contribution in [2.24, 2.45) is 0 Å². The van der Waals surface area contributed by atoms with Crippen LogP contribution in [0.4, 0.5) is 5.69 Å². The number of aromatic hydroxyl groups is 1. The van der Waals surface area contributed by atoms with Crippen LogP contribution in [0.25, 0.3) is 4.85 Å². The van der Waals surface area contributed by atoms with Crippen LogP contribution in [0.2, 0.25) is 0 Å². The van der Waals surface area contributed by atoms with Crippen molar-refractivity contribution in [1.29, 1.82) is 0 Å². The lowest BCUT2D eigenvalue weighted by atomic mass is 10.2. The Hall–Kier alpha value is -2.47. The fraction of sp³-hybridized carbons (Fsp3) is 0.0714. The maximum Gasteiger partial charge on any atom is 0.193 e. The van der Waals surface area contributed by atoms with Crippen LogP contribution in [0.5, 0.6) is 11.5 Å². The van der Waals surface area contributed by atoms with Gasteiger partial charge in [-0.2, -0.15) is 0 Å². The molecule has 3 heteroatoms. The highest BCUT2D eigenvalue weighted by atomic mass is 16.5. The highest BCUT2D eigenvalue weighted by Crippen LogP contribution is 2.22. The Morgan fingerprint density at radius 1 is 1.12 bits per heavy atom. The van der Waals surface area contributed by atoms with Crippen molar-refractivity contribution in [3.8, 4) is 11.5 Å². The monoisotopic (exact) mass is 225 g/mol. The fourth-order valence-corrected chi connectivity index (χ4v) is 1.48. The van der Waals surface area contributed by atoms with Crippen LogP contribution < -0.4 is 4.74 Å². The molecule has 84 valence electrons. The van der Waals surface area contributed by atoms with Crippen LogP contribution in [0.1, 0.15) is 5.56 Å². The predicted molar refractivity (Wildman–Crippen MR) is 65.1 cm³/mol. The lowest BCUT2D eigenvalue weighted by molar-refractivity contribution is 0.305. The lowest BCUT2D eigenvalue weighted by Gasteiger charge is -2.07. The summed E-state index contributed by atoms with van der Waals surface area (Å²) in [6, 6.07) is 13.9. The first-order valence-electron chi connectivity index (χ1n) is 5.17. The molecule has 0 aliphatic rings. The molecule has 0 radical (unpaired) electrons. The van der Waals surface area contributed by atoms with Crippen molar-refractivity contribution < 1.29 is 9.84 Å². The van der Waals surface area contributed by atoms with Gasteiger partial charge in [-0.3, -0.25) is 0 Å². The van der Waals surface area contributed by atoms with E-state index in [-0.39, 0.29) is 5.75 Å². The second-order valence-corrected chi connectivity index (χ2v) is 3.53. The first kappa shape index (κ1) is 11.0. The van der Waals surface area contributed by atoms with E-state index in [1.54, 1.807) is 30.3 Å². The van der Waals surface area contributed by atoms with Crippen LogP contribution in [-0.2, 0) is 6.61 Å². The van der Waals surface area contributed by atoms with Gasteiger partial charge in [0, 0.05) is 6.07 Å². The molecule has 2 aromatic carbocycles. The van der Waals surface area contributed by atoms with Crippen molar-refractivity contribution in [1.82, 2.24) is 0 Å². The Bertz CT molecular complexity index is 558. The van der Waals surface area contributed by atoms with Gasteiger partial charge in [-0.1, -0.05) is 30.3 Å². The quantitative estimate of drug-likeness (QED) is 0.811. The van der Waals surface area contributed by atoms with Gasteiger partial charge in [-0.25, -0.2) is 4.85 Å². The number of para-hydroxylation sites is 1. The minimum atomic E-state index is 0.168. The van der Waals surface area contributed by atoms with E-state index in [1.807, 2.05) is 18.2 Å².